The van der Waals surface area contributed by atoms with Gasteiger partial charge in [0.2, 0.25) is 11.9 Å². The number of methoxy groups -OCH3 is 1. The lowest BCUT2D eigenvalue weighted by atomic mass is 9.96. The van der Waals surface area contributed by atoms with Crippen LogP contribution in [0.1, 0.15) is 20.8 Å². The number of nitrogens with one attached hydrogen (secondary N) is 1. The van der Waals surface area contributed by atoms with Gasteiger partial charge >= 0.3 is 0 Å². The lowest BCUT2D eigenvalue weighted by Crippen LogP contribution is -2.28. The van der Waals surface area contributed by atoms with Crippen LogP contribution in [-0.4, -0.2) is 23.0 Å². The van der Waals surface area contributed by atoms with Crippen LogP contribution in [0.4, 0.5) is 5.95 Å². The van der Waals surface area contributed by atoms with E-state index in [1.807, 2.05) is 0 Å². The van der Waals surface area contributed by atoms with E-state index in [1.165, 1.54) is 0 Å². The Kier molecular flexibility index (Phi) is 3.64. The highest BCUT2D eigenvalue weighted by atomic mass is 35.5. The van der Waals surface area contributed by atoms with Gasteiger partial charge in [0.25, 0.3) is 0 Å². The minimum Gasteiger partial charge on any atom is -0.497 e. The van der Waals surface area contributed by atoms with Gasteiger partial charge in [0.1, 0.15) is 16.8 Å². The number of hydrogen-bond acceptors (Lipinski definition) is 5. The number of halogens is 1. The molecule has 2 heterocycles. The summed E-state index contributed by atoms with van der Waals surface area (Å²) < 4.78 is 10.9. The highest BCUT2D eigenvalue weighted by Gasteiger charge is 2.23. The van der Waals surface area contributed by atoms with Crippen LogP contribution in [0.2, 0.25) is 5.15 Å². The Bertz CT molecular complexity index is 912. The molecular weight excluding hydrogens is 318 g/mol. The molecule has 1 N–H and O–H groups in total. The van der Waals surface area contributed by atoms with Crippen LogP contribution in [0.3, 0.4) is 0 Å². The van der Waals surface area contributed by atoms with E-state index >= 15 is 0 Å². The fourth-order valence-electron chi connectivity index (χ4n) is 2.06. The van der Waals surface area contributed by atoms with E-state index in [4.69, 9.17) is 20.8 Å². The number of carbonyl (C=O) groups is 1. The van der Waals surface area contributed by atoms with Gasteiger partial charge in [-0.15, -0.1) is 0 Å². The van der Waals surface area contributed by atoms with Gasteiger partial charge in [-0.25, -0.2) is 4.98 Å². The predicted octanol–water partition coefficient (Wildman–Crippen LogP) is 4.02. The van der Waals surface area contributed by atoms with Crippen LogP contribution in [0.5, 0.6) is 5.75 Å². The number of benzene rings is 1. The van der Waals surface area contributed by atoms with Gasteiger partial charge in [0, 0.05) is 5.41 Å². The number of carbonyl (C=O) groups excluding carboxylic acids is 1. The summed E-state index contributed by atoms with van der Waals surface area (Å²) in [6, 6.07) is 5.37. The molecule has 0 atom stereocenters. The number of nitrogens with zero attached hydrogens (tertiary/aromatic N) is 2. The normalized spacial score (nSPS) is 11.9. The first-order chi connectivity index (χ1) is 10.8. The van der Waals surface area contributed by atoms with Gasteiger partial charge < -0.3 is 9.15 Å². The highest BCUT2D eigenvalue weighted by Crippen LogP contribution is 2.34. The number of ether oxygens (including phenoxy) is 1. The summed E-state index contributed by atoms with van der Waals surface area (Å²) in [5.74, 6) is 0.626. The fraction of sp³-hybridized carbons (Fsp3) is 0.312. The Hall–Kier alpha value is -2.34. The summed E-state index contributed by atoms with van der Waals surface area (Å²) in [6.07, 6.45) is 0. The molecule has 0 aliphatic rings. The average molecular weight is 334 g/mol. The first-order valence-corrected chi connectivity index (χ1v) is 7.42. The highest BCUT2D eigenvalue weighted by molar-refractivity contribution is 6.34. The Morgan fingerprint density at radius 1 is 1.30 bits per heavy atom. The van der Waals surface area contributed by atoms with E-state index in [1.54, 1.807) is 46.1 Å². The third-order valence-corrected chi connectivity index (χ3v) is 3.64. The molecule has 7 heteroatoms. The number of aromatic nitrogens is 2. The summed E-state index contributed by atoms with van der Waals surface area (Å²) >= 11 is 6.18. The second-order valence-corrected chi connectivity index (χ2v) is 6.54. The molecule has 120 valence electrons. The number of rotatable bonds is 2. The van der Waals surface area contributed by atoms with Gasteiger partial charge in [-0.3, -0.25) is 10.1 Å². The van der Waals surface area contributed by atoms with Crippen LogP contribution in [-0.2, 0) is 4.79 Å². The molecule has 1 amide bonds. The Balaban J connectivity index is 2.15. The van der Waals surface area contributed by atoms with Crippen molar-refractivity contribution in [1.29, 1.82) is 0 Å². The first-order valence-electron chi connectivity index (χ1n) is 7.05. The van der Waals surface area contributed by atoms with Gasteiger partial charge in [-0.2, -0.15) is 4.98 Å². The maximum absolute atomic E-state index is 12.1. The minimum absolute atomic E-state index is 0.146. The predicted molar refractivity (Wildman–Crippen MR) is 89.0 cm³/mol. The summed E-state index contributed by atoms with van der Waals surface area (Å²) in [5.41, 5.74) is 0.968. The zero-order valence-electron chi connectivity index (χ0n) is 13.2. The number of amides is 1. The minimum atomic E-state index is -0.563. The molecule has 0 aliphatic carbocycles. The van der Waals surface area contributed by atoms with Crippen LogP contribution >= 0.6 is 11.6 Å². The second kappa shape index (κ2) is 5.38. The second-order valence-electron chi connectivity index (χ2n) is 6.18. The van der Waals surface area contributed by atoms with Crippen molar-refractivity contribution in [1.82, 2.24) is 9.97 Å². The molecule has 0 radical (unpaired) electrons. The molecule has 0 aliphatic heterocycles. The van der Waals surface area contributed by atoms with Gasteiger partial charge in [-0.05, 0) is 18.2 Å². The largest absolute Gasteiger partial charge is 0.497 e. The Labute approximate surface area is 137 Å². The quantitative estimate of drug-likeness (QED) is 0.716. The molecule has 3 rings (SSSR count). The van der Waals surface area contributed by atoms with Gasteiger partial charge in [-0.1, -0.05) is 32.4 Å². The van der Waals surface area contributed by atoms with E-state index in [2.05, 4.69) is 15.3 Å². The number of fused-ring (bicyclic) bond motifs is 3. The lowest BCUT2D eigenvalue weighted by molar-refractivity contribution is -0.123. The summed E-state index contributed by atoms with van der Waals surface area (Å²) in [6.45, 7) is 5.42. The molecule has 0 saturated carbocycles. The molecule has 0 spiro atoms. The maximum atomic E-state index is 12.1. The maximum Gasteiger partial charge on any atom is 0.232 e. The number of furan rings is 1. The molecule has 0 saturated heterocycles. The fourth-order valence-corrected chi connectivity index (χ4v) is 2.27. The molecule has 23 heavy (non-hydrogen) atoms. The Morgan fingerprint density at radius 2 is 2.04 bits per heavy atom. The van der Waals surface area contributed by atoms with E-state index in [-0.39, 0.29) is 17.0 Å². The van der Waals surface area contributed by atoms with E-state index in [0.29, 0.717) is 22.4 Å². The number of hydrogen-bond donors (Lipinski definition) is 1. The molecule has 1 aromatic carbocycles. The summed E-state index contributed by atoms with van der Waals surface area (Å²) in [7, 11) is 1.58. The smallest absolute Gasteiger partial charge is 0.232 e. The van der Waals surface area contributed by atoms with Crippen LogP contribution in [0.15, 0.2) is 22.6 Å². The SMILES string of the molecule is COc1ccc2oc3c(Cl)nc(NC(=O)C(C)(C)C)nc3c2c1. The van der Waals surface area contributed by atoms with Crippen LogP contribution in [0, 0.1) is 5.41 Å². The van der Waals surface area contributed by atoms with Gasteiger partial charge in [0.15, 0.2) is 10.7 Å². The average Bonchev–Trinajstić information content (AvgIpc) is 2.85. The molecule has 3 aromatic rings. The molecular formula is C16H16ClN3O3. The van der Waals surface area contributed by atoms with Crippen LogP contribution < -0.4 is 10.1 Å². The standard InChI is InChI=1S/C16H16ClN3O3/c1-16(2,3)14(21)20-15-18-11-9-7-8(22-4)5-6-10(9)23-12(11)13(17)19-15/h5-7H,1-4H3,(H,18,19,20,21). The van der Waals surface area contributed by atoms with E-state index < -0.39 is 5.41 Å². The van der Waals surface area contributed by atoms with Crippen molar-refractivity contribution in [3.8, 4) is 5.75 Å². The summed E-state index contributed by atoms with van der Waals surface area (Å²) in [4.78, 5) is 20.6. The van der Waals surface area contributed by atoms with Crippen molar-refractivity contribution in [2.75, 3.05) is 12.4 Å². The molecule has 0 bridgehead atoms. The van der Waals surface area contributed by atoms with Crippen molar-refractivity contribution in [3.63, 3.8) is 0 Å². The molecule has 0 unspecified atom stereocenters. The third kappa shape index (κ3) is 2.82. The van der Waals surface area contributed by atoms with Crippen molar-refractivity contribution in [2.45, 2.75) is 20.8 Å². The first kappa shape index (κ1) is 15.6. The molecule has 6 nitrogen and oxygen atoms in total. The lowest BCUT2D eigenvalue weighted by Gasteiger charge is -2.16. The van der Waals surface area contributed by atoms with Gasteiger partial charge in [0.05, 0.1) is 12.5 Å². The van der Waals surface area contributed by atoms with Crippen LogP contribution in [0.25, 0.3) is 22.1 Å². The molecule has 2 aromatic heterocycles. The van der Waals surface area contributed by atoms with Crippen molar-refractivity contribution in [3.05, 3.63) is 23.4 Å². The van der Waals surface area contributed by atoms with E-state index in [0.717, 1.165) is 5.39 Å². The van der Waals surface area contributed by atoms with Crippen molar-refractivity contribution >= 4 is 45.5 Å². The van der Waals surface area contributed by atoms with Crippen molar-refractivity contribution < 1.29 is 13.9 Å². The topological polar surface area (TPSA) is 77.3 Å². The number of anilines is 1. The monoisotopic (exact) mass is 333 g/mol. The van der Waals surface area contributed by atoms with E-state index in [9.17, 15) is 4.79 Å². The third-order valence-electron chi connectivity index (χ3n) is 3.38. The zero-order valence-corrected chi connectivity index (χ0v) is 14.0. The summed E-state index contributed by atoms with van der Waals surface area (Å²) in [5, 5.41) is 3.57. The molecule has 0 fully saturated rings. The Morgan fingerprint density at radius 3 is 2.70 bits per heavy atom. The van der Waals surface area contributed by atoms with Crippen molar-refractivity contribution in [2.24, 2.45) is 5.41 Å². The zero-order chi connectivity index (χ0) is 16.8.